The molecule has 1 nitrogen and oxygen atoms in total. The summed E-state index contributed by atoms with van der Waals surface area (Å²) in [4.78, 5) is 2.41. The van der Waals surface area contributed by atoms with E-state index in [9.17, 15) is 0 Å². The average Bonchev–Trinajstić information content (AvgIpc) is 3.41. The summed E-state index contributed by atoms with van der Waals surface area (Å²) >= 11 is 0. The maximum absolute atomic E-state index is 2.44. The lowest BCUT2D eigenvalue weighted by atomic mass is 9.79. The fourth-order valence-corrected chi connectivity index (χ4v) is 8.03. The first-order chi connectivity index (χ1) is 24.6. The Morgan fingerprint density at radius 2 is 0.860 bits per heavy atom. The van der Waals surface area contributed by atoms with Crippen LogP contribution in [-0.2, 0) is 5.41 Å². The van der Waals surface area contributed by atoms with Crippen LogP contribution in [0.4, 0.5) is 17.1 Å². The number of fused-ring (bicyclic) bond motifs is 5. The average molecular weight is 640 g/mol. The van der Waals surface area contributed by atoms with Crippen molar-refractivity contribution in [3.8, 4) is 44.5 Å². The monoisotopic (exact) mass is 639 g/mol. The summed E-state index contributed by atoms with van der Waals surface area (Å²) in [5.74, 6) is 0. The van der Waals surface area contributed by atoms with Crippen molar-refractivity contribution in [1.29, 1.82) is 0 Å². The molecule has 0 spiro atoms. The number of nitrogens with zero attached hydrogens (tertiary/aromatic N) is 1. The van der Waals surface area contributed by atoms with Crippen LogP contribution in [0.5, 0.6) is 0 Å². The van der Waals surface area contributed by atoms with Crippen molar-refractivity contribution in [3.05, 3.63) is 199 Å². The van der Waals surface area contributed by atoms with Crippen LogP contribution in [0.2, 0.25) is 0 Å². The summed E-state index contributed by atoms with van der Waals surface area (Å²) in [7, 11) is 0. The summed E-state index contributed by atoms with van der Waals surface area (Å²) in [5.41, 5.74) is 16.0. The van der Waals surface area contributed by atoms with Crippen molar-refractivity contribution in [3.63, 3.8) is 0 Å². The quantitative estimate of drug-likeness (QED) is 0.175. The minimum Gasteiger partial charge on any atom is -0.310 e. The Bertz CT molecular complexity index is 2480. The second kappa shape index (κ2) is 12.1. The highest BCUT2D eigenvalue weighted by molar-refractivity contribution is 6.06. The molecule has 0 bridgehead atoms. The predicted octanol–water partition coefficient (Wildman–Crippen LogP) is 13.6. The standard InChI is InChI=1S/C49H37N/c1-49(2)47-30-29-41(32-45(47)46-33-44(37-19-10-5-11-20-37)42-23-12-13-24-43(42)48(46)49)50(39-27-25-36(26-28-39)34-15-6-3-7-16-34)40-22-14-21-38(31-40)35-17-8-4-9-18-35/h3-33H,1-2H3. The second-order valence-corrected chi connectivity index (χ2v) is 13.8. The first-order valence-corrected chi connectivity index (χ1v) is 17.4. The Morgan fingerprint density at radius 1 is 0.340 bits per heavy atom. The molecule has 0 amide bonds. The minimum atomic E-state index is -0.145. The molecule has 8 aromatic carbocycles. The third-order valence-corrected chi connectivity index (χ3v) is 10.4. The van der Waals surface area contributed by atoms with Crippen LogP contribution in [0, 0.1) is 0 Å². The van der Waals surface area contributed by atoms with Gasteiger partial charge in [-0.2, -0.15) is 0 Å². The van der Waals surface area contributed by atoms with Gasteiger partial charge in [0.2, 0.25) is 0 Å². The van der Waals surface area contributed by atoms with Crippen molar-refractivity contribution in [2.45, 2.75) is 19.3 Å². The van der Waals surface area contributed by atoms with E-state index in [0.29, 0.717) is 0 Å². The van der Waals surface area contributed by atoms with Crippen molar-refractivity contribution in [2.24, 2.45) is 0 Å². The Kier molecular flexibility index (Phi) is 7.21. The predicted molar refractivity (Wildman–Crippen MR) is 213 cm³/mol. The SMILES string of the molecule is CC1(C)c2ccc(N(c3ccc(-c4ccccc4)cc3)c3cccc(-c4ccccc4)c3)cc2-c2cc(-c3ccccc3)c3ccccc3c21. The fraction of sp³-hybridized carbons (Fsp3) is 0.0612. The lowest BCUT2D eigenvalue weighted by molar-refractivity contribution is 0.666. The van der Waals surface area contributed by atoms with Crippen molar-refractivity contribution >= 4 is 27.8 Å². The summed E-state index contributed by atoms with van der Waals surface area (Å²) in [5, 5.41) is 2.63. The molecule has 9 rings (SSSR count). The molecule has 0 aromatic heterocycles. The zero-order valence-corrected chi connectivity index (χ0v) is 28.3. The molecule has 0 unspecified atom stereocenters. The maximum atomic E-state index is 2.44. The molecule has 1 aliphatic carbocycles. The van der Waals surface area contributed by atoms with Gasteiger partial charge in [0.15, 0.2) is 0 Å². The fourth-order valence-electron chi connectivity index (χ4n) is 8.03. The van der Waals surface area contributed by atoms with Crippen LogP contribution in [0.25, 0.3) is 55.3 Å². The van der Waals surface area contributed by atoms with E-state index in [1.165, 1.54) is 66.4 Å². The lowest BCUT2D eigenvalue weighted by Gasteiger charge is -2.28. The topological polar surface area (TPSA) is 3.24 Å². The highest BCUT2D eigenvalue weighted by Gasteiger charge is 2.38. The molecule has 1 aliphatic rings. The molecule has 50 heavy (non-hydrogen) atoms. The van der Waals surface area contributed by atoms with E-state index in [-0.39, 0.29) is 5.41 Å². The van der Waals surface area contributed by atoms with Gasteiger partial charge in [0, 0.05) is 22.5 Å². The van der Waals surface area contributed by atoms with Gasteiger partial charge < -0.3 is 4.90 Å². The van der Waals surface area contributed by atoms with Gasteiger partial charge in [-0.15, -0.1) is 0 Å². The third kappa shape index (κ3) is 5.02. The first-order valence-electron chi connectivity index (χ1n) is 17.4. The lowest BCUT2D eigenvalue weighted by Crippen LogP contribution is -2.16. The van der Waals surface area contributed by atoms with Gasteiger partial charge >= 0.3 is 0 Å². The molecule has 0 radical (unpaired) electrons. The minimum absolute atomic E-state index is 0.145. The van der Waals surface area contributed by atoms with Crippen LogP contribution in [-0.4, -0.2) is 0 Å². The molecule has 0 fully saturated rings. The highest BCUT2D eigenvalue weighted by atomic mass is 15.1. The van der Waals surface area contributed by atoms with Crippen LogP contribution in [0.15, 0.2) is 188 Å². The highest BCUT2D eigenvalue weighted by Crippen LogP contribution is 2.54. The zero-order valence-electron chi connectivity index (χ0n) is 28.3. The molecule has 1 heteroatoms. The number of hydrogen-bond acceptors (Lipinski definition) is 1. The van der Waals surface area contributed by atoms with Gasteiger partial charge in [-0.1, -0.05) is 159 Å². The molecule has 8 aromatic rings. The van der Waals surface area contributed by atoms with Crippen LogP contribution in [0.1, 0.15) is 25.0 Å². The summed E-state index contributed by atoms with van der Waals surface area (Å²) in [6, 6.07) is 68.5. The molecule has 0 N–H and O–H groups in total. The first kappa shape index (κ1) is 29.9. The van der Waals surface area contributed by atoms with Crippen molar-refractivity contribution in [1.82, 2.24) is 0 Å². The van der Waals surface area contributed by atoms with E-state index in [1.807, 2.05) is 0 Å². The smallest absolute Gasteiger partial charge is 0.0468 e. The molecule has 0 saturated carbocycles. The molecule has 0 aliphatic heterocycles. The number of anilines is 3. The number of hydrogen-bond donors (Lipinski definition) is 0. The molecule has 0 atom stereocenters. The summed E-state index contributed by atoms with van der Waals surface area (Å²) < 4.78 is 0. The second-order valence-electron chi connectivity index (χ2n) is 13.8. The molecule has 0 heterocycles. The molecule has 0 saturated heterocycles. The van der Waals surface area contributed by atoms with E-state index >= 15 is 0 Å². The van der Waals surface area contributed by atoms with E-state index in [4.69, 9.17) is 0 Å². The van der Waals surface area contributed by atoms with E-state index < -0.39 is 0 Å². The zero-order chi connectivity index (χ0) is 33.7. The summed E-state index contributed by atoms with van der Waals surface area (Å²) in [6.07, 6.45) is 0. The van der Waals surface area contributed by atoms with E-state index in [1.54, 1.807) is 0 Å². The Morgan fingerprint density at radius 3 is 1.54 bits per heavy atom. The largest absolute Gasteiger partial charge is 0.310 e. The van der Waals surface area contributed by atoms with Gasteiger partial charge in [0.1, 0.15) is 0 Å². The van der Waals surface area contributed by atoms with Crippen molar-refractivity contribution < 1.29 is 0 Å². The Labute approximate surface area is 294 Å². The van der Waals surface area contributed by atoms with Gasteiger partial charge in [0.25, 0.3) is 0 Å². The van der Waals surface area contributed by atoms with Crippen molar-refractivity contribution in [2.75, 3.05) is 4.90 Å². The Balaban J connectivity index is 1.24. The van der Waals surface area contributed by atoms with Gasteiger partial charge in [-0.25, -0.2) is 0 Å². The van der Waals surface area contributed by atoms with E-state index in [0.717, 1.165) is 17.1 Å². The third-order valence-electron chi connectivity index (χ3n) is 10.4. The normalized spacial score (nSPS) is 12.8. The van der Waals surface area contributed by atoms with Gasteiger partial charge in [-0.05, 0) is 109 Å². The molecular formula is C49H37N. The molecular weight excluding hydrogens is 603 g/mol. The van der Waals surface area contributed by atoms with Crippen LogP contribution < -0.4 is 4.90 Å². The van der Waals surface area contributed by atoms with Gasteiger partial charge in [-0.3, -0.25) is 0 Å². The van der Waals surface area contributed by atoms with Crippen LogP contribution >= 0.6 is 0 Å². The van der Waals surface area contributed by atoms with E-state index in [2.05, 4.69) is 207 Å². The number of rotatable bonds is 6. The Hall–Kier alpha value is -6.18. The number of benzene rings is 8. The van der Waals surface area contributed by atoms with Gasteiger partial charge in [0.05, 0.1) is 0 Å². The van der Waals surface area contributed by atoms with Crippen LogP contribution in [0.3, 0.4) is 0 Å². The maximum Gasteiger partial charge on any atom is 0.0468 e. The molecule has 238 valence electrons. The summed E-state index contributed by atoms with van der Waals surface area (Å²) in [6.45, 7) is 4.77.